The smallest absolute Gasteiger partial charge is 0.150 e. The molecule has 2 saturated carbocycles. The summed E-state index contributed by atoms with van der Waals surface area (Å²) in [4.78, 5) is 0. The Balaban J connectivity index is 1.70. The van der Waals surface area contributed by atoms with E-state index < -0.39 is 9.84 Å². The van der Waals surface area contributed by atoms with Crippen molar-refractivity contribution in [3.05, 3.63) is 0 Å². The van der Waals surface area contributed by atoms with Crippen LogP contribution in [0.2, 0.25) is 0 Å². The van der Waals surface area contributed by atoms with Gasteiger partial charge in [-0.15, -0.1) is 0 Å². The minimum atomic E-state index is -2.74. The van der Waals surface area contributed by atoms with Gasteiger partial charge < -0.3 is 5.32 Å². The normalized spacial score (nSPS) is 44.6. The van der Waals surface area contributed by atoms with Crippen molar-refractivity contribution in [2.45, 2.75) is 65.0 Å². The minimum absolute atomic E-state index is 0.364. The Morgan fingerprint density at radius 2 is 1.68 bits per heavy atom. The van der Waals surface area contributed by atoms with Crippen molar-refractivity contribution in [1.82, 2.24) is 5.32 Å². The lowest BCUT2D eigenvalue weighted by atomic mass is 9.68. The van der Waals surface area contributed by atoms with Crippen LogP contribution in [-0.2, 0) is 9.84 Å². The average Bonchev–Trinajstić information content (AvgIpc) is 2.77. The van der Waals surface area contributed by atoms with Crippen LogP contribution in [0.15, 0.2) is 0 Å². The predicted octanol–water partition coefficient (Wildman–Crippen LogP) is 2.37. The van der Waals surface area contributed by atoms with Crippen LogP contribution in [0, 0.1) is 16.7 Å². The summed E-state index contributed by atoms with van der Waals surface area (Å²) in [5.74, 6) is 1.60. The van der Waals surface area contributed by atoms with Crippen LogP contribution < -0.4 is 5.32 Å². The molecule has 1 heterocycles. The van der Waals surface area contributed by atoms with Crippen molar-refractivity contribution >= 4 is 9.84 Å². The molecule has 19 heavy (non-hydrogen) atoms. The molecule has 3 aliphatic rings. The summed E-state index contributed by atoms with van der Waals surface area (Å²) >= 11 is 0. The van der Waals surface area contributed by atoms with Crippen molar-refractivity contribution in [2.24, 2.45) is 16.7 Å². The molecule has 1 saturated heterocycles. The summed E-state index contributed by atoms with van der Waals surface area (Å²) in [6.45, 7) is 7.23. The Kier molecular flexibility index (Phi) is 3.07. The zero-order valence-corrected chi connectivity index (χ0v) is 13.2. The molecular formula is C15H27NO2S. The quantitative estimate of drug-likeness (QED) is 0.847. The fraction of sp³-hybridized carbons (Fsp3) is 1.00. The lowest BCUT2D eigenvalue weighted by Gasteiger charge is -2.45. The first kappa shape index (κ1) is 13.9. The van der Waals surface area contributed by atoms with E-state index in [2.05, 4.69) is 26.1 Å². The molecule has 1 N–H and O–H groups in total. The molecule has 4 heteroatoms. The van der Waals surface area contributed by atoms with Gasteiger partial charge in [0.05, 0.1) is 11.5 Å². The Labute approximate surface area is 117 Å². The Morgan fingerprint density at radius 3 is 2.21 bits per heavy atom. The highest BCUT2D eigenvalue weighted by atomic mass is 32.2. The standard InChI is InChI=1S/C15H27NO2S/c1-14(2)11-4-7-15(3,10-11)13(14)16-12-5-8-19(17,18)9-6-12/h11-13,16H,4-10H2,1-3H3/t11-,13?,15+/m0/s1. The Hall–Kier alpha value is -0.0900. The van der Waals surface area contributed by atoms with Gasteiger partial charge in [0.2, 0.25) is 0 Å². The average molecular weight is 285 g/mol. The second kappa shape index (κ2) is 4.20. The van der Waals surface area contributed by atoms with Crippen LogP contribution in [0.25, 0.3) is 0 Å². The highest BCUT2D eigenvalue weighted by molar-refractivity contribution is 7.91. The lowest BCUT2D eigenvalue weighted by Crippen LogP contribution is -2.55. The molecular weight excluding hydrogens is 258 g/mol. The molecule has 3 nitrogen and oxygen atoms in total. The van der Waals surface area contributed by atoms with Crippen LogP contribution in [0.3, 0.4) is 0 Å². The van der Waals surface area contributed by atoms with Crippen molar-refractivity contribution in [1.29, 1.82) is 0 Å². The zero-order valence-electron chi connectivity index (χ0n) is 12.4. The van der Waals surface area contributed by atoms with E-state index in [-0.39, 0.29) is 0 Å². The first-order valence-electron chi connectivity index (χ1n) is 7.69. The van der Waals surface area contributed by atoms with Crippen molar-refractivity contribution in [3.63, 3.8) is 0 Å². The van der Waals surface area contributed by atoms with E-state index in [9.17, 15) is 8.42 Å². The van der Waals surface area contributed by atoms with E-state index >= 15 is 0 Å². The summed E-state index contributed by atoms with van der Waals surface area (Å²) in [6, 6.07) is 0.966. The van der Waals surface area contributed by atoms with Gasteiger partial charge in [-0.3, -0.25) is 0 Å². The fourth-order valence-electron chi connectivity index (χ4n) is 5.01. The minimum Gasteiger partial charge on any atom is -0.310 e. The number of hydrogen-bond acceptors (Lipinski definition) is 3. The molecule has 3 rings (SSSR count). The van der Waals surface area contributed by atoms with Crippen molar-refractivity contribution in [2.75, 3.05) is 11.5 Å². The van der Waals surface area contributed by atoms with Gasteiger partial charge in [0, 0.05) is 12.1 Å². The molecule has 2 aliphatic carbocycles. The third kappa shape index (κ3) is 2.25. The monoisotopic (exact) mass is 285 g/mol. The molecule has 3 atom stereocenters. The maximum Gasteiger partial charge on any atom is 0.150 e. The number of fused-ring (bicyclic) bond motifs is 2. The number of hydrogen-bond donors (Lipinski definition) is 1. The third-order valence-corrected chi connectivity index (χ3v) is 7.94. The fourth-order valence-corrected chi connectivity index (χ4v) is 6.50. The summed E-state index contributed by atoms with van der Waals surface area (Å²) < 4.78 is 23.0. The molecule has 110 valence electrons. The highest BCUT2D eigenvalue weighted by Crippen LogP contribution is 2.62. The summed E-state index contributed by atoms with van der Waals surface area (Å²) in [7, 11) is -2.74. The van der Waals surface area contributed by atoms with Crippen molar-refractivity contribution in [3.8, 4) is 0 Å². The van der Waals surface area contributed by atoms with E-state index in [1.807, 2.05) is 0 Å². The number of nitrogens with one attached hydrogen (secondary N) is 1. The van der Waals surface area contributed by atoms with Gasteiger partial charge in [-0.1, -0.05) is 20.8 Å². The van der Waals surface area contributed by atoms with Crippen LogP contribution in [0.1, 0.15) is 52.9 Å². The van der Waals surface area contributed by atoms with E-state index in [0.717, 1.165) is 18.8 Å². The summed E-state index contributed by atoms with van der Waals surface area (Å²) in [6.07, 6.45) is 5.67. The first-order chi connectivity index (χ1) is 8.73. The molecule has 1 aliphatic heterocycles. The number of sulfone groups is 1. The molecule has 0 amide bonds. The second-order valence-electron chi connectivity index (χ2n) is 7.94. The molecule has 0 radical (unpaired) electrons. The molecule has 2 bridgehead atoms. The van der Waals surface area contributed by atoms with Crippen LogP contribution in [0.4, 0.5) is 0 Å². The van der Waals surface area contributed by atoms with Crippen LogP contribution in [-0.4, -0.2) is 32.0 Å². The molecule has 0 aromatic carbocycles. The maximum absolute atomic E-state index is 11.5. The molecule has 0 spiro atoms. The topological polar surface area (TPSA) is 46.2 Å². The van der Waals surface area contributed by atoms with Crippen LogP contribution in [0.5, 0.6) is 0 Å². The molecule has 1 unspecified atom stereocenters. The van der Waals surface area contributed by atoms with E-state index in [0.29, 0.717) is 34.4 Å². The first-order valence-corrected chi connectivity index (χ1v) is 9.52. The molecule has 0 aromatic rings. The van der Waals surface area contributed by atoms with E-state index in [4.69, 9.17) is 0 Å². The molecule has 3 fully saturated rings. The van der Waals surface area contributed by atoms with Gasteiger partial charge in [0.25, 0.3) is 0 Å². The van der Waals surface area contributed by atoms with E-state index in [1.165, 1.54) is 19.3 Å². The third-order valence-electron chi connectivity index (χ3n) is 6.23. The van der Waals surface area contributed by atoms with Gasteiger partial charge in [-0.2, -0.15) is 0 Å². The largest absolute Gasteiger partial charge is 0.310 e. The second-order valence-corrected chi connectivity index (χ2v) is 10.2. The van der Waals surface area contributed by atoms with Gasteiger partial charge >= 0.3 is 0 Å². The van der Waals surface area contributed by atoms with Gasteiger partial charge in [0.1, 0.15) is 9.84 Å². The Morgan fingerprint density at radius 1 is 1.05 bits per heavy atom. The highest BCUT2D eigenvalue weighted by Gasteiger charge is 2.59. The van der Waals surface area contributed by atoms with E-state index in [1.54, 1.807) is 0 Å². The lowest BCUT2D eigenvalue weighted by molar-refractivity contribution is 0.0967. The van der Waals surface area contributed by atoms with Gasteiger partial charge in [0.15, 0.2) is 0 Å². The summed E-state index contributed by atoms with van der Waals surface area (Å²) in [5.41, 5.74) is 0.799. The Bertz CT molecular complexity index is 452. The predicted molar refractivity (Wildman–Crippen MR) is 77.8 cm³/mol. The molecule has 0 aromatic heterocycles. The summed E-state index contributed by atoms with van der Waals surface area (Å²) in [5, 5.41) is 3.85. The van der Waals surface area contributed by atoms with Gasteiger partial charge in [-0.05, 0) is 48.9 Å². The van der Waals surface area contributed by atoms with Gasteiger partial charge in [-0.25, -0.2) is 8.42 Å². The number of rotatable bonds is 2. The maximum atomic E-state index is 11.5. The zero-order chi connectivity index (χ0) is 13.9. The van der Waals surface area contributed by atoms with Crippen LogP contribution >= 0.6 is 0 Å². The SMILES string of the molecule is CC1(C)C(NC2CCS(=O)(=O)CC2)[C@]2(C)CC[C@H]1C2. The van der Waals surface area contributed by atoms with Crippen molar-refractivity contribution < 1.29 is 8.42 Å².